The minimum absolute atomic E-state index is 0.101. The van der Waals surface area contributed by atoms with Crippen LogP contribution in [-0.4, -0.2) is 70.8 Å². The highest BCUT2D eigenvalue weighted by Crippen LogP contribution is 2.27. The summed E-state index contributed by atoms with van der Waals surface area (Å²) in [6.07, 6.45) is 4.07. The van der Waals surface area contributed by atoms with Crippen molar-refractivity contribution < 1.29 is 23.9 Å². The largest absolute Gasteiger partial charge is 0.444 e. The van der Waals surface area contributed by atoms with E-state index in [0.717, 1.165) is 44.4 Å². The van der Waals surface area contributed by atoms with Crippen LogP contribution >= 0.6 is 11.8 Å². The summed E-state index contributed by atoms with van der Waals surface area (Å²) in [5.74, 6) is -1.26. The molecule has 0 aromatic rings. The van der Waals surface area contributed by atoms with Crippen molar-refractivity contribution >= 4 is 40.6 Å². The van der Waals surface area contributed by atoms with Gasteiger partial charge in [-0.2, -0.15) is 0 Å². The number of ketones is 1. The zero-order chi connectivity index (χ0) is 26.2. The number of nitrogens with zero attached hydrogens (tertiary/aromatic N) is 2. The number of amidine groups is 1. The molecular weight excluding hydrogens is 470 g/mol. The van der Waals surface area contributed by atoms with E-state index in [1.165, 1.54) is 11.8 Å². The van der Waals surface area contributed by atoms with Gasteiger partial charge < -0.3 is 20.3 Å². The lowest BCUT2D eigenvalue weighted by atomic mass is 9.82. The summed E-state index contributed by atoms with van der Waals surface area (Å²) < 4.78 is 5.31. The van der Waals surface area contributed by atoms with Crippen LogP contribution in [0.15, 0.2) is 5.10 Å². The lowest BCUT2D eigenvalue weighted by Crippen LogP contribution is -2.56. The molecule has 3 N–H and O–H groups in total. The van der Waals surface area contributed by atoms with Crippen molar-refractivity contribution in [2.45, 2.75) is 90.8 Å². The zero-order valence-electron chi connectivity index (χ0n) is 21.8. The van der Waals surface area contributed by atoms with Gasteiger partial charge in [-0.15, -0.1) is 5.10 Å². The molecule has 0 radical (unpaired) electrons. The maximum Gasteiger partial charge on any atom is 0.408 e. The van der Waals surface area contributed by atoms with Crippen molar-refractivity contribution in [1.82, 2.24) is 21.0 Å². The Balaban J connectivity index is 2.15. The van der Waals surface area contributed by atoms with E-state index in [1.807, 2.05) is 25.8 Å². The molecule has 0 aromatic carbocycles. The van der Waals surface area contributed by atoms with E-state index in [0.29, 0.717) is 11.6 Å². The topological polar surface area (TPSA) is 129 Å². The second-order valence-corrected chi connectivity index (χ2v) is 11.7. The molecule has 1 aliphatic heterocycles. The SMILES string of the molecule is CC(C)C[C@H](NC(=O)OC(C)(C)C)C(=O)NC(C(=O)C(=O)N/N=C1\SCCN1C)C1CCCCC1. The fraction of sp³-hybridized carbons (Fsp3) is 0.792. The number of hydrogen-bond donors (Lipinski definition) is 3. The predicted octanol–water partition coefficient (Wildman–Crippen LogP) is 2.63. The highest BCUT2D eigenvalue weighted by atomic mass is 32.2. The van der Waals surface area contributed by atoms with Crippen LogP contribution in [0.25, 0.3) is 0 Å². The number of thioether (sulfide) groups is 1. The Labute approximate surface area is 212 Å². The Kier molecular flexibility index (Phi) is 10.9. The lowest BCUT2D eigenvalue weighted by Gasteiger charge is -2.31. The van der Waals surface area contributed by atoms with Gasteiger partial charge in [-0.05, 0) is 51.9 Å². The van der Waals surface area contributed by atoms with Gasteiger partial charge in [0.25, 0.3) is 0 Å². The maximum absolute atomic E-state index is 13.3. The van der Waals surface area contributed by atoms with Crippen LogP contribution in [0, 0.1) is 11.8 Å². The molecule has 11 heteroatoms. The van der Waals surface area contributed by atoms with Crippen LogP contribution in [-0.2, 0) is 19.1 Å². The molecule has 1 unspecified atom stereocenters. The Hall–Kier alpha value is -2.30. The monoisotopic (exact) mass is 511 g/mol. The van der Waals surface area contributed by atoms with Gasteiger partial charge in [0.15, 0.2) is 5.17 Å². The van der Waals surface area contributed by atoms with E-state index in [2.05, 4.69) is 21.2 Å². The van der Waals surface area contributed by atoms with Crippen molar-refractivity contribution in [3.63, 3.8) is 0 Å². The van der Waals surface area contributed by atoms with Crippen molar-refractivity contribution in [3.8, 4) is 0 Å². The molecule has 1 heterocycles. The normalized spacial score (nSPS) is 19.9. The molecule has 0 spiro atoms. The molecule has 10 nitrogen and oxygen atoms in total. The van der Waals surface area contributed by atoms with E-state index in [1.54, 1.807) is 20.8 Å². The summed E-state index contributed by atoms with van der Waals surface area (Å²) in [5.41, 5.74) is 1.65. The standard InChI is InChI=1S/C24H41N5O5S/c1-15(2)14-17(25-23(33)34-24(3,4)5)20(31)26-18(16-10-8-7-9-11-16)19(30)21(32)27-28-22-29(6)12-13-35-22/h15-18H,7-14H2,1-6H3,(H,25,33)(H,26,31)(H,27,32)/b28-22-/t17-,18?/m0/s1. The van der Waals surface area contributed by atoms with Gasteiger partial charge in [0, 0.05) is 19.3 Å². The predicted molar refractivity (Wildman–Crippen MR) is 137 cm³/mol. The van der Waals surface area contributed by atoms with E-state index in [9.17, 15) is 19.2 Å². The molecule has 1 aliphatic carbocycles. The van der Waals surface area contributed by atoms with Gasteiger partial charge >= 0.3 is 12.0 Å². The molecule has 3 amide bonds. The Morgan fingerprint density at radius 1 is 1.11 bits per heavy atom. The van der Waals surface area contributed by atoms with Crippen LogP contribution in [0.2, 0.25) is 0 Å². The number of Topliss-reactive ketones (excluding diaryl/α,β-unsaturated/α-hetero) is 1. The molecule has 1 saturated heterocycles. The van der Waals surface area contributed by atoms with Crippen molar-refractivity contribution in [1.29, 1.82) is 0 Å². The molecule has 1 saturated carbocycles. The van der Waals surface area contributed by atoms with Gasteiger partial charge in [0.2, 0.25) is 11.7 Å². The van der Waals surface area contributed by atoms with Gasteiger partial charge in [-0.1, -0.05) is 44.9 Å². The summed E-state index contributed by atoms with van der Waals surface area (Å²) in [7, 11) is 1.87. The van der Waals surface area contributed by atoms with E-state index < -0.39 is 41.4 Å². The first-order valence-corrected chi connectivity index (χ1v) is 13.4. The van der Waals surface area contributed by atoms with Gasteiger partial charge in [-0.25, -0.2) is 10.2 Å². The quantitative estimate of drug-likeness (QED) is 0.321. The van der Waals surface area contributed by atoms with E-state index >= 15 is 0 Å². The number of alkyl carbamates (subject to hydrolysis) is 1. The third-order valence-corrected chi connectivity index (χ3v) is 6.93. The number of hydrazone groups is 1. The number of ether oxygens (including phenoxy) is 1. The fourth-order valence-corrected chi connectivity index (χ4v) is 5.13. The van der Waals surface area contributed by atoms with Crippen molar-refractivity contribution in [3.05, 3.63) is 0 Å². The first-order chi connectivity index (χ1) is 16.4. The van der Waals surface area contributed by atoms with Crippen LogP contribution in [0.1, 0.15) is 73.1 Å². The third kappa shape index (κ3) is 9.70. The first kappa shape index (κ1) is 28.9. The van der Waals surface area contributed by atoms with Crippen molar-refractivity contribution in [2.24, 2.45) is 16.9 Å². The number of carbonyl (C=O) groups excluding carboxylic acids is 4. The van der Waals surface area contributed by atoms with E-state index in [-0.39, 0.29) is 11.8 Å². The molecule has 2 atom stereocenters. The summed E-state index contributed by atoms with van der Waals surface area (Å²) >= 11 is 1.50. The van der Waals surface area contributed by atoms with Gasteiger partial charge in [-0.3, -0.25) is 14.4 Å². The molecule has 2 aliphatic rings. The minimum Gasteiger partial charge on any atom is -0.444 e. The molecule has 2 fully saturated rings. The van der Waals surface area contributed by atoms with Crippen LogP contribution in [0.5, 0.6) is 0 Å². The average molecular weight is 512 g/mol. The second-order valence-electron chi connectivity index (χ2n) is 10.7. The zero-order valence-corrected chi connectivity index (χ0v) is 22.6. The lowest BCUT2D eigenvalue weighted by molar-refractivity contribution is -0.141. The summed E-state index contributed by atoms with van der Waals surface area (Å²) in [4.78, 5) is 53.4. The number of rotatable bonds is 9. The summed E-state index contributed by atoms with van der Waals surface area (Å²) in [6, 6.07) is -1.87. The molecular formula is C24H41N5O5S. The van der Waals surface area contributed by atoms with Gasteiger partial charge in [0.05, 0.1) is 0 Å². The maximum atomic E-state index is 13.3. The Morgan fingerprint density at radius 3 is 2.31 bits per heavy atom. The number of nitrogens with one attached hydrogen (secondary N) is 3. The smallest absolute Gasteiger partial charge is 0.408 e. The van der Waals surface area contributed by atoms with E-state index in [4.69, 9.17) is 4.74 Å². The summed E-state index contributed by atoms with van der Waals surface area (Å²) in [6.45, 7) is 9.91. The summed E-state index contributed by atoms with van der Waals surface area (Å²) in [5, 5.41) is 10.1. The Morgan fingerprint density at radius 2 is 1.77 bits per heavy atom. The number of amides is 3. The van der Waals surface area contributed by atoms with Gasteiger partial charge in [0.1, 0.15) is 17.7 Å². The molecule has 35 heavy (non-hydrogen) atoms. The second kappa shape index (κ2) is 13.1. The van der Waals surface area contributed by atoms with Crippen molar-refractivity contribution in [2.75, 3.05) is 19.3 Å². The minimum atomic E-state index is -0.980. The highest BCUT2D eigenvalue weighted by molar-refractivity contribution is 8.14. The Bertz CT molecular complexity index is 805. The number of hydrogen-bond acceptors (Lipinski definition) is 7. The molecule has 2 rings (SSSR count). The fourth-order valence-electron chi connectivity index (χ4n) is 4.16. The van der Waals surface area contributed by atoms with Crippen LogP contribution < -0.4 is 16.1 Å². The number of carbonyl (C=O) groups is 4. The van der Waals surface area contributed by atoms with Crippen LogP contribution in [0.4, 0.5) is 4.79 Å². The third-order valence-electron chi connectivity index (χ3n) is 5.88. The van der Waals surface area contributed by atoms with Crippen LogP contribution in [0.3, 0.4) is 0 Å². The highest BCUT2D eigenvalue weighted by Gasteiger charge is 2.37. The molecule has 0 bridgehead atoms. The molecule has 198 valence electrons. The molecule has 0 aromatic heterocycles. The average Bonchev–Trinajstić information content (AvgIpc) is 3.18. The first-order valence-electron chi connectivity index (χ1n) is 12.4.